The van der Waals surface area contributed by atoms with Gasteiger partial charge in [0.2, 0.25) is 5.91 Å². The number of amides is 4. The molecule has 0 fully saturated rings. The number of carbonyl (C=O) groups excluding carboxylic acids is 4. The minimum Gasteiger partial charge on any atom is -0.352 e. The van der Waals surface area contributed by atoms with Crippen LogP contribution in [-0.4, -0.2) is 59.6 Å². The standard InChI is InChI=1S/C19H25N3O4/c1-5-6-9-22-18(25)14-8-7-13(10-15(14)19(22)26)17(24)21(4)11-16(23)20-12(2)3/h7-8,10,12H,5-6,9,11H2,1-4H3,(H,20,23). The summed E-state index contributed by atoms with van der Waals surface area (Å²) in [5.74, 6) is -1.32. The number of unbranched alkanes of at least 4 members (excludes halogenated alkanes) is 1. The molecule has 26 heavy (non-hydrogen) atoms. The number of carbonyl (C=O) groups is 4. The minimum absolute atomic E-state index is 0.0104. The second-order valence-corrected chi connectivity index (χ2v) is 6.76. The monoisotopic (exact) mass is 359 g/mol. The first-order valence-electron chi connectivity index (χ1n) is 8.81. The minimum atomic E-state index is -0.376. The molecule has 0 saturated carbocycles. The lowest BCUT2D eigenvalue weighted by Crippen LogP contribution is -2.40. The molecule has 0 aliphatic carbocycles. The molecule has 0 radical (unpaired) electrons. The summed E-state index contributed by atoms with van der Waals surface area (Å²) < 4.78 is 0. The molecule has 2 rings (SSSR count). The first-order chi connectivity index (χ1) is 12.3. The van der Waals surface area contributed by atoms with Gasteiger partial charge in [0, 0.05) is 25.2 Å². The number of hydrogen-bond donors (Lipinski definition) is 1. The molecule has 1 aromatic rings. The molecule has 1 N–H and O–H groups in total. The van der Waals surface area contributed by atoms with Gasteiger partial charge in [-0.1, -0.05) is 13.3 Å². The molecule has 0 bridgehead atoms. The van der Waals surface area contributed by atoms with Crippen LogP contribution in [0.4, 0.5) is 0 Å². The molecule has 4 amide bonds. The second kappa shape index (κ2) is 8.12. The predicted molar refractivity (Wildman–Crippen MR) is 97.0 cm³/mol. The van der Waals surface area contributed by atoms with Crippen LogP contribution >= 0.6 is 0 Å². The summed E-state index contributed by atoms with van der Waals surface area (Å²) in [6, 6.07) is 4.47. The van der Waals surface area contributed by atoms with Gasteiger partial charge in [0.05, 0.1) is 17.7 Å². The number of imide groups is 1. The van der Waals surface area contributed by atoms with E-state index in [9.17, 15) is 19.2 Å². The van der Waals surface area contributed by atoms with Crippen molar-refractivity contribution in [1.29, 1.82) is 0 Å². The molecule has 1 aromatic carbocycles. The van der Waals surface area contributed by atoms with Crippen molar-refractivity contribution in [3.63, 3.8) is 0 Å². The number of nitrogens with one attached hydrogen (secondary N) is 1. The van der Waals surface area contributed by atoms with Gasteiger partial charge in [0.25, 0.3) is 17.7 Å². The number of hydrogen-bond acceptors (Lipinski definition) is 4. The van der Waals surface area contributed by atoms with Crippen molar-refractivity contribution < 1.29 is 19.2 Å². The van der Waals surface area contributed by atoms with E-state index in [1.807, 2.05) is 20.8 Å². The van der Waals surface area contributed by atoms with E-state index in [1.165, 1.54) is 35.0 Å². The van der Waals surface area contributed by atoms with Gasteiger partial charge in [-0.25, -0.2) is 0 Å². The third-order valence-corrected chi connectivity index (χ3v) is 4.13. The van der Waals surface area contributed by atoms with Crippen LogP contribution in [0.25, 0.3) is 0 Å². The summed E-state index contributed by atoms with van der Waals surface area (Å²) in [6.45, 7) is 5.96. The topological polar surface area (TPSA) is 86.8 Å². The van der Waals surface area contributed by atoms with Gasteiger partial charge in [-0.2, -0.15) is 0 Å². The summed E-state index contributed by atoms with van der Waals surface area (Å²) in [5.41, 5.74) is 0.849. The normalized spacial score (nSPS) is 13.2. The molecule has 1 aliphatic rings. The lowest BCUT2D eigenvalue weighted by atomic mass is 10.0. The molecule has 7 nitrogen and oxygen atoms in total. The molecule has 1 aliphatic heterocycles. The van der Waals surface area contributed by atoms with E-state index in [0.717, 1.165) is 12.8 Å². The maximum atomic E-state index is 12.5. The van der Waals surface area contributed by atoms with Crippen molar-refractivity contribution in [3.8, 4) is 0 Å². The van der Waals surface area contributed by atoms with Gasteiger partial charge in [-0.15, -0.1) is 0 Å². The number of nitrogens with zero attached hydrogens (tertiary/aromatic N) is 2. The Labute approximate surface area is 153 Å². The van der Waals surface area contributed by atoms with E-state index < -0.39 is 0 Å². The van der Waals surface area contributed by atoms with Crippen LogP contribution in [0.5, 0.6) is 0 Å². The van der Waals surface area contributed by atoms with E-state index >= 15 is 0 Å². The Morgan fingerprint density at radius 3 is 2.42 bits per heavy atom. The maximum absolute atomic E-state index is 12.5. The Bertz CT molecular complexity index is 742. The lowest BCUT2D eigenvalue weighted by Gasteiger charge is -2.18. The van der Waals surface area contributed by atoms with E-state index in [1.54, 1.807) is 0 Å². The molecule has 0 aromatic heterocycles. The van der Waals surface area contributed by atoms with Crippen LogP contribution in [0.2, 0.25) is 0 Å². The van der Waals surface area contributed by atoms with Crippen molar-refractivity contribution in [2.24, 2.45) is 0 Å². The smallest absolute Gasteiger partial charge is 0.261 e. The van der Waals surface area contributed by atoms with Gasteiger partial charge in [-0.05, 0) is 38.5 Å². The number of fused-ring (bicyclic) bond motifs is 1. The summed E-state index contributed by atoms with van der Waals surface area (Å²) >= 11 is 0. The van der Waals surface area contributed by atoms with Crippen molar-refractivity contribution in [3.05, 3.63) is 34.9 Å². The highest BCUT2D eigenvalue weighted by atomic mass is 16.2. The molecule has 0 spiro atoms. The molecule has 140 valence electrons. The average molecular weight is 359 g/mol. The Kier molecular flexibility index (Phi) is 6.13. The Hall–Kier alpha value is -2.70. The van der Waals surface area contributed by atoms with Crippen LogP contribution in [0.1, 0.15) is 64.7 Å². The predicted octanol–water partition coefficient (Wildman–Crippen LogP) is 1.68. The van der Waals surface area contributed by atoms with Gasteiger partial charge in [-0.3, -0.25) is 24.1 Å². The number of likely N-dealkylation sites (N-methyl/N-ethyl adjacent to an activating group) is 1. The van der Waals surface area contributed by atoms with Crippen LogP contribution in [0, 0.1) is 0 Å². The third-order valence-electron chi connectivity index (χ3n) is 4.13. The summed E-state index contributed by atoms with van der Waals surface area (Å²) in [5, 5.41) is 2.72. The fourth-order valence-corrected chi connectivity index (χ4v) is 2.82. The zero-order valence-electron chi connectivity index (χ0n) is 15.7. The van der Waals surface area contributed by atoms with Gasteiger partial charge >= 0.3 is 0 Å². The Morgan fingerprint density at radius 1 is 1.15 bits per heavy atom. The molecular formula is C19H25N3O4. The molecule has 0 atom stereocenters. The SMILES string of the molecule is CCCCN1C(=O)c2ccc(C(=O)N(C)CC(=O)NC(C)C)cc2C1=O. The summed E-state index contributed by atoms with van der Waals surface area (Å²) in [7, 11) is 1.52. The van der Waals surface area contributed by atoms with Crippen molar-refractivity contribution in [1.82, 2.24) is 15.1 Å². The van der Waals surface area contributed by atoms with Gasteiger partial charge < -0.3 is 10.2 Å². The highest BCUT2D eigenvalue weighted by Gasteiger charge is 2.35. The number of benzene rings is 1. The largest absolute Gasteiger partial charge is 0.352 e. The van der Waals surface area contributed by atoms with E-state index in [-0.39, 0.29) is 47.3 Å². The Morgan fingerprint density at radius 2 is 1.81 bits per heavy atom. The van der Waals surface area contributed by atoms with E-state index in [4.69, 9.17) is 0 Å². The van der Waals surface area contributed by atoms with Gasteiger partial charge in [0.1, 0.15) is 0 Å². The van der Waals surface area contributed by atoms with Gasteiger partial charge in [0.15, 0.2) is 0 Å². The zero-order valence-corrected chi connectivity index (χ0v) is 15.7. The second-order valence-electron chi connectivity index (χ2n) is 6.76. The fourth-order valence-electron chi connectivity index (χ4n) is 2.82. The molecular weight excluding hydrogens is 334 g/mol. The van der Waals surface area contributed by atoms with Crippen LogP contribution in [0.3, 0.4) is 0 Å². The first-order valence-corrected chi connectivity index (χ1v) is 8.81. The number of rotatable bonds is 7. The molecule has 0 saturated heterocycles. The first kappa shape index (κ1) is 19.6. The average Bonchev–Trinajstić information content (AvgIpc) is 2.82. The maximum Gasteiger partial charge on any atom is 0.261 e. The molecule has 1 heterocycles. The van der Waals surface area contributed by atoms with Crippen LogP contribution in [0.15, 0.2) is 18.2 Å². The summed E-state index contributed by atoms with van der Waals surface area (Å²) in [4.78, 5) is 51.7. The highest BCUT2D eigenvalue weighted by molar-refractivity contribution is 6.22. The lowest BCUT2D eigenvalue weighted by molar-refractivity contribution is -0.122. The quantitative estimate of drug-likeness (QED) is 0.751. The molecule has 0 unspecified atom stereocenters. The Balaban J connectivity index is 2.15. The summed E-state index contributed by atoms with van der Waals surface area (Å²) in [6.07, 6.45) is 1.62. The van der Waals surface area contributed by atoms with Crippen molar-refractivity contribution >= 4 is 23.6 Å². The van der Waals surface area contributed by atoms with E-state index in [0.29, 0.717) is 12.1 Å². The van der Waals surface area contributed by atoms with E-state index in [2.05, 4.69) is 5.32 Å². The van der Waals surface area contributed by atoms with Crippen LogP contribution in [-0.2, 0) is 4.79 Å². The van der Waals surface area contributed by atoms with Crippen molar-refractivity contribution in [2.45, 2.75) is 39.7 Å². The molecule has 7 heteroatoms. The highest BCUT2D eigenvalue weighted by Crippen LogP contribution is 2.24. The third kappa shape index (κ3) is 4.09. The zero-order chi connectivity index (χ0) is 19.4. The van der Waals surface area contributed by atoms with Crippen molar-refractivity contribution in [2.75, 3.05) is 20.1 Å². The fraction of sp³-hybridized carbons (Fsp3) is 0.474. The van der Waals surface area contributed by atoms with Crippen LogP contribution < -0.4 is 5.32 Å².